The molecule has 1 N–H and O–H groups in total. The quantitative estimate of drug-likeness (QED) is 0.731. The van der Waals surface area contributed by atoms with Gasteiger partial charge in [0.1, 0.15) is 0 Å². The number of nitrogens with one attached hydrogen (secondary N) is 1. The second kappa shape index (κ2) is 4.40. The molecule has 0 amide bonds. The van der Waals surface area contributed by atoms with Crippen LogP contribution >= 0.6 is 0 Å². The molecular formula is C12H22N2O. The molecular weight excluding hydrogens is 188 g/mol. The summed E-state index contributed by atoms with van der Waals surface area (Å²) in [6.45, 7) is 5.72. The van der Waals surface area contributed by atoms with E-state index in [2.05, 4.69) is 10.2 Å². The van der Waals surface area contributed by atoms with Gasteiger partial charge in [0.25, 0.3) is 0 Å². The molecule has 0 radical (unpaired) electrons. The summed E-state index contributed by atoms with van der Waals surface area (Å²) in [5.74, 6) is 0.811. The molecule has 3 atom stereocenters. The maximum Gasteiger partial charge on any atom is 0.0507 e. The average molecular weight is 210 g/mol. The van der Waals surface area contributed by atoms with E-state index in [1.54, 1.807) is 0 Å². The first-order chi connectivity index (χ1) is 7.43. The Bertz CT molecular complexity index is 202. The molecule has 0 aromatic rings. The normalized spacial score (nSPS) is 42.0. The molecule has 3 fully saturated rings. The van der Waals surface area contributed by atoms with Crippen molar-refractivity contribution in [2.45, 2.75) is 37.8 Å². The van der Waals surface area contributed by atoms with E-state index >= 15 is 0 Å². The van der Waals surface area contributed by atoms with Crippen LogP contribution in [0.1, 0.15) is 25.7 Å². The third kappa shape index (κ3) is 2.05. The topological polar surface area (TPSA) is 24.5 Å². The number of rotatable bonds is 2. The van der Waals surface area contributed by atoms with Crippen LogP contribution in [-0.4, -0.2) is 49.8 Å². The summed E-state index contributed by atoms with van der Waals surface area (Å²) in [6.07, 6.45) is 5.47. The molecule has 0 aromatic carbocycles. The Hall–Kier alpha value is -0.120. The van der Waals surface area contributed by atoms with Crippen molar-refractivity contribution >= 4 is 0 Å². The molecule has 15 heavy (non-hydrogen) atoms. The zero-order valence-corrected chi connectivity index (χ0v) is 9.45. The van der Waals surface area contributed by atoms with Gasteiger partial charge in [-0.3, -0.25) is 4.90 Å². The van der Waals surface area contributed by atoms with Crippen molar-refractivity contribution in [3.63, 3.8) is 0 Å². The van der Waals surface area contributed by atoms with E-state index in [9.17, 15) is 0 Å². The van der Waals surface area contributed by atoms with Crippen molar-refractivity contribution in [3.8, 4) is 0 Å². The first kappa shape index (κ1) is 10.1. The van der Waals surface area contributed by atoms with Crippen molar-refractivity contribution in [2.24, 2.45) is 5.92 Å². The number of ether oxygens (including phenoxy) is 1. The minimum atomic E-state index is 0.811. The SMILES string of the molecule is C1CC2CCC(CN1)N2CC1CCOC1. The Kier molecular flexibility index (Phi) is 2.95. The summed E-state index contributed by atoms with van der Waals surface area (Å²) in [5.41, 5.74) is 0. The van der Waals surface area contributed by atoms with Crippen molar-refractivity contribution in [2.75, 3.05) is 32.8 Å². The van der Waals surface area contributed by atoms with Crippen LogP contribution in [0.5, 0.6) is 0 Å². The fourth-order valence-corrected chi connectivity index (χ4v) is 3.40. The van der Waals surface area contributed by atoms with E-state index in [0.29, 0.717) is 0 Å². The molecule has 3 aliphatic rings. The predicted octanol–water partition coefficient (Wildman–Crippen LogP) is 0.849. The van der Waals surface area contributed by atoms with Gasteiger partial charge in [-0.2, -0.15) is 0 Å². The number of hydrogen-bond acceptors (Lipinski definition) is 3. The molecule has 3 saturated heterocycles. The molecule has 0 saturated carbocycles. The summed E-state index contributed by atoms with van der Waals surface area (Å²) in [4.78, 5) is 2.78. The third-order valence-corrected chi connectivity index (χ3v) is 4.30. The van der Waals surface area contributed by atoms with E-state index in [1.165, 1.54) is 45.3 Å². The van der Waals surface area contributed by atoms with Crippen LogP contribution in [0.4, 0.5) is 0 Å². The molecule has 0 spiro atoms. The van der Waals surface area contributed by atoms with Crippen molar-refractivity contribution in [1.29, 1.82) is 0 Å². The highest BCUT2D eigenvalue weighted by Gasteiger charge is 2.36. The Morgan fingerprint density at radius 3 is 2.93 bits per heavy atom. The first-order valence-electron chi connectivity index (χ1n) is 6.47. The summed E-state index contributed by atoms with van der Waals surface area (Å²) in [5, 5.41) is 3.56. The summed E-state index contributed by atoms with van der Waals surface area (Å²) >= 11 is 0. The monoisotopic (exact) mass is 210 g/mol. The van der Waals surface area contributed by atoms with Crippen molar-refractivity contribution in [1.82, 2.24) is 10.2 Å². The lowest BCUT2D eigenvalue weighted by Crippen LogP contribution is -2.41. The van der Waals surface area contributed by atoms with Gasteiger partial charge in [0.2, 0.25) is 0 Å². The minimum Gasteiger partial charge on any atom is -0.381 e. The molecule has 3 nitrogen and oxygen atoms in total. The van der Waals surface area contributed by atoms with Gasteiger partial charge in [0, 0.05) is 31.8 Å². The maximum absolute atomic E-state index is 5.48. The van der Waals surface area contributed by atoms with Crippen LogP contribution < -0.4 is 5.32 Å². The fourth-order valence-electron chi connectivity index (χ4n) is 3.40. The highest BCUT2D eigenvalue weighted by Crippen LogP contribution is 2.29. The zero-order valence-electron chi connectivity index (χ0n) is 9.45. The highest BCUT2D eigenvalue weighted by atomic mass is 16.5. The lowest BCUT2D eigenvalue weighted by molar-refractivity contribution is 0.144. The minimum absolute atomic E-state index is 0.811. The van der Waals surface area contributed by atoms with Gasteiger partial charge >= 0.3 is 0 Å². The van der Waals surface area contributed by atoms with Crippen LogP contribution in [-0.2, 0) is 4.74 Å². The molecule has 3 rings (SSSR count). The van der Waals surface area contributed by atoms with Gasteiger partial charge < -0.3 is 10.1 Å². The van der Waals surface area contributed by atoms with E-state index < -0.39 is 0 Å². The standard InChI is InChI=1S/C12H22N2O/c1-2-12-7-13-5-3-11(1)14(12)8-10-4-6-15-9-10/h10-13H,1-9H2. The van der Waals surface area contributed by atoms with Gasteiger partial charge in [0.05, 0.1) is 6.61 Å². The Morgan fingerprint density at radius 1 is 1.13 bits per heavy atom. The summed E-state index contributed by atoms with van der Waals surface area (Å²) < 4.78 is 5.48. The lowest BCUT2D eigenvalue weighted by Gasteiger charge is -2.29. The number of nitrogens with zero attached hydrogens (tertiary/aromatic N) is 1. The van der Waals surface area contributed by atoms with Gasteiger partial charge in [-0.25, -0.2) is 0 Å². The molecule has 2 bridgehead atoms. The predicted molar refractivity (Wildman–Crippen MR) is 59.9 cm³/mol. The van der Waals surface area contributed by atoms with Crippen LogP contribution in [0.3, 0.4) is 0 Å². The second-order valence-corrected chi connectivity index (χ2v) is 5.30. The van der Waals surface area contributed by atoms with Gasteiger partial charge in [-0.1, -0.05) is 0 Å². The summed E-state index contributed by atoms with van der Waals surface area (Å²) in [7, 11) is 0. The van der Waals surface area contributed by atoms with Crippen LogP contribution in [0.15, 0.2) is 0 Å². The largest absolute Gasteiger partial charge is 0.381 e. The lowest BCUT2D eigenvalue weighted by atomic mass is 10.1. The smallest absolute Gasteiger partial charge is 0.0507 e. The maximum atomic E-state index is 5.48. The van der Waals surface area contributed by atoms with Crippen LogP contribution in [0.2, 0.25) is 0 Å². The first-order valence-corrected chi connectivity index (χ1v) is 6.47. The number of fused-ring (bicyclic) bond motifs is 2. The van der Waals surface area contributed by atoms with Crippen molar-refractivity contribution in [3.05, 3.63) is 0 Å². The average Bonchev–Trinajstić information content (AvgIpc) is 2.76. The fraction of sp³-hybridized carbons (Fsp3) is 1.00. The van der Waals surface area contributed by atoms with E-state index in [-0.39, 0.29) is 0 Å². The second-order valence-electron chi connectivity index (χ2n) is 5.30. The Morgan fingerprint density at radius 2 is 2.07 bits per heavy atom. The molecule has 3 aliphatic heterocycles. The number of hydrogen-bond donors (Lipinski definition) is 1. The van der Waals surface area contributed by atoms with Gasteiger partial charge in [-0.15, -0.1) is 0 Å². The van der Waals surface area contributed by atoms with Crippen LogP contribution in [0, 0.1) is 5.92 Å². The van der Waals surface area contributed by atoms with E-state index in [1.807, 2.05) is 0 Å². The molecule has 86 valence electrons. The highest BCUT2D eigenvalue weighted by molar-refractivity contribution is 4.92. The Balaban J connectivity index is 1.63. The van der Waals surface area contributed by atoms with Gasteiger partial charge in [0.15, 0.2) is 0 Å². The third-order valence-electron chi connectivity index (χ3n) is 4.30. The summed E-state index contributed by atoms with van der Waals surface area (Å²) in [6, 6.07) is 1.68. The molecule has 0 aliphatic carbocycles. The molecule has 3 heterocycles. The molecule has 0 aromatic heterocycles. The van der Waals surface area contributed by atoms with E-state index in [4.69, 9.17) is 4.74 Å². The molecule has 3 unspecified atom stereocenters. The van der Waals surface area contributed by atoms with E-state index in [0.717, 1.165) is 31.2 Å². The Labute approximate surface area is 92.2 Å². The van der Waals surface area contributed by atoms with Gasteiger partial charge in [-0.05, 0) is 38.1 Å². The van der Waals surface area contributed by atoms with Crippen molar-refractivity contribution < 1.29 is 4.74 Å². The van der Waals surface area contributed by atoms with Crippen LogP contribution in [0.25, 0.3) is 0 Å². The molecule has 3 heteroatoms. The zero-order chi connectivity index (χ0) is 10.1.